The predicted octanol–water partition coefficient (Wildman–Crippen LogP) is 2.11. The van der Waals surface area contributed by atoms with Crippen LogP contribution in [0.4, 0.5) is 5.69 Å². The van der Waals surface area contributed by atoms with Crippen LogP contribution in [-0.2, 0) is 23.8 Å². The summed E-state index contributed by atoms with van der Waals surface area (Å²) in [6.45, 7) is 4.83. The number of rotatable bonds is 3. The normalized spacial score (nSPS) is 28.3. The first kappa shape index (κ1) is 15.8. The third kappa shape index (κ3) is 3.32. The first-order valence-electron chi connectivity index (χ1n) is 7.77. The Morgan fingerprint density at radius 3 is 2.78 bits per heavy atom. The Morgan fingerprint density at radius 2 is 2.09 bits per heavy atom. The zero-order valence-electron chi connectivity index (χ0n) is 13.5. The van der Waals surface area contributed by atoms with Gasteiger partial charge >= 0.3 is 11.9 Å². The molecule has 4 atom stereocenters. The predicted molar refractivity (Wildman–Crippen MR) is 83.0 cm³/mol. The van der Waals surface area contributed by atoms with Gasteiger partial charge in [0.2, 0.25) is 0 Å². The van der Waals surface area contributed by atoms with E-state index in [1.54, 1.807) is 0 Å². The molecule has 2 heterocycles. The van der Waals surface area contributed by atoms with Crippen LogP contribution in [0.25, 0.3) is 0 Å². The monoisotopic (exact) mass is 319 g/mol. The smallest absolute Gasteiger partial charge is 0.303 e. The molecule has 2 bridgehead atoms. The van der Waals surface area contributed by atoms with Gasteiger partial charge in [-0.1, -0.05) is 17.7 Å². The lowest BCUT2D eigenvalue weighted by Crippen LogP contribution is -2.54. The van der Waals surface area contributed by atoms with Crippen LogP contribution < -0.4 is 5.32 Å². The molecular weight excluding hydrogens is 298 g/mol. The SMILES string of the molecule is CC(=O)OC[C@H]1O[C@H]2C[C@H](Nc3ccc(C)cc32)[C@@H]1OC(C)=O. The van der Waals surface area contributed by atoms with Gasteiger partial charge in [0.1, 0.15) is 12.7 Å². The lowest BCUT2D eigenvalue weighted by atomic mass is 9.86. The lowest BCUT2D eigenvalue weighted by molar-refractivity contribution is -0.185. The summed E-state index contributed by atoms with van der Waals surface area (Å²) in [5.41, 5.74) is 3.25. The highest BCUT2D eigenvalue weighted by Gasteiger charge is 2.45. The largest absolute Gasteiger partial charge is 0.463 e. The molecule has 2 aliphatic rings. The molecule has 0 amide bonds. The number of carbonyl (C=O) groups is 2. The summed E-state index contributed by atoms with van der Waals surface area (Å²) < 4.78 is 16.6. The number of nitrogens with one attached hydrogen (secondary N) is 1. The lowest BCUT2D eigenvalue weighted by Gasteiger charge is -2.45. The van der Waals surface area contributed by atoms with Crippen LogP contribution in [0, 0.1) is 6.92 Å². The molecule has 3 rings (SSSR count). The van der Waals surface area contributed by atoms with Crippen molar-refractivity contribution in [2.24, 2.45) is 0 Å². The first-order valence-corrected chi connectivity index (χ1v) is 7.77. The Morgan fingerprint density at radius 1 is 1.30 bits per heavy atom. The molecule has 0 saturated carbocycles. The standard InChI is InChI=1S/C17H21NO5/c1-9-4-5-13-12(6-9)15-7-14(18-13)17(22-11(3)20)16(23-15)8-21-10(2)19/h4-6,14-18H,7-8H2,1-3H3/t14-,15-,16+,17-/m0/s1. The molecule has 2 aliphatic heterocycles. The minimum atomic E-state index is -0.488. The summed E-state index contributed by atoms with van der Waals surface area (Å²) in [6.07, 6.45) is -0.348. The van der Waals surface area contributed by atoms with E-state index in [0.29, 0.717) is 6.42 Å². The highest BCUT2D eigenvalue weighted by molar-refractivity contribution is 5.67. The zero-order valence-corrected chi connectivity index (χ0v) is 13.5. The maximum absolute atomic E-state index is 11.4. The van der Waals surface area contributed by atoms with Crippen molar-refractivity contribution in [3.63, 3.8) is 0 Å². The van der Waals surface area contributed by atoms with Crippen LogP contribution in [0.5, 0.6) is 0 Å². The van der Waals surface area contributed by atoms with Gasteiger partial charge < -0.3 is 19.5 Å². The summed E-state index contributed by atoms with van der Waals surface area (Å²) >= 11 is 0. The molecule has 0 aliphatic carbocycles. The summed E-state index contributed by atoms with van der Waals surface area (Å²) in [7, 11) is 0. The van der Waals surface area contributed by atoms with E-state index in [-0.39, 0.29) is 30.7 Å². The quantitative estimate of drug-likeness (QED) is 0.860. The van der Waals surface area contributed by atoms with Gasteiger partial charge in [0.15, 0.2) is 6.10 Å². The average Bonchev–Trinajstić information content (AvgIpc) is 2.48. The number of hydrogen-bond acceptors (Lipinski definition) is 6. The molecule has 0 unspecified atom stereocenters. The van der Waals surface area contributed by atoms with E-state index in [1.165, 1.54) is 13.8 Å². The molecule has 23 heavy (non-hydrogen) atoms. The molecule has 1 N–H and O–H groups in total. The van der Waals surface area contributed by atoms with E-state index < -0.39 is 12.2 Å². The summed E-state index contributed by atoms with van der Waals surface area (Å²) in [6, 6.07) is 6.08. The second kappa shape index (κ2) is 6.20. The number of carbonyl (C=O) groups excluding carboxylic acids is 2. The molecule has 0 aromatic heterocycles. The van der Waals surface area contributed by atoms with Gasteiger partial charge in [0, 0.05) is 31.5 Å². The molecule has 0 radical (unpaired) electrons. The highest BCUT2D eigenvalue weighted by Crippen LogP contribution is 2.42. The Kier molecular flexibility index (Phi) is 4.26. The molecule has 1 aromatic rings. The van der Waals surface area contributed by atoms with Crippen molar-refractivity contribution in [1.29, 1.82) is 0 Å². The highest BCUT2D eigenvalue weighted by atomic mass is 16.6. The molecule has 6 nitrogen and oxygen atoms in total. The zero-order chi connectivity index (χ0) is 16.6. The third-order valence-corrected chi connectivity index (χ3v) is 4.22. The molecule has 0 spiro atoms. The van der Waals surface area contributed by atoms with Crippen LogP contribution in [0.1, 0.15) is 37.5 Å². The van der Waals surface area contributed by atoms with Crippen LogP contribution >= 0.6 is 0 Å². The van der Waals surface area contributed by atoms with Crippen molar-refractivity contribution >= 4 is 17.6 Å². The molecule has 1 saturated heterocycles. The van der Waals surface area contributed by atoms with Gasteiger partial charge in [0.05, 0.1) is 12.1 Å². The number of aryl methyl sites for hydroxylation is 1. The van der Waals surface area contributed by atoms with Crippen LogP contribution in [0.3, 0.4) is 0 Å². The van der Waals surface area contributed by atoms with Crippen molar-refractivity contribution in [1.82, 2.24) is 0 Å². The molecular formula is C17H21NO5. The van der Waals surface area contributed by atoms with Crippen molar-refractivity contribution in [2.45, 2.75) is 51.5 Å². The molecule has 124 valence electrons. The average molecular weight is 319 g/mol. The Balaban J connectivity index is 1.87. The van der Waals surface area contributed by atoms with E-state index in [0.717, 1.165) is 16.8 Å². The van der Waals surface area contributed by atoms with Gasteiger partial charge in [-0.15, -0.1) is 0 Å². The van der Waals surface area contributed by atoms with Crippen molar-refractivity contribution in [2.75, 3.05) is 11.9 Å². The summed E-state index contributed by atoms with van der Waals surface area (Å²) in [5.74, 6) is -0.753. The van der Waals surface area contributed by atoms with Crippen LogP contribution in [0.15, 0.2) is 18.2 Å². The molecule has 1 aromatic carbocycles. The second-order valence-corrected chi connectivity index (χ2v) is 6.12. The van der Waals surface area contributed by atoms with E-state index in [9.17, 15) is 9.59 Å². The fourth-order valence-electron chi connectivity index (χ4n) is 3.27. The van der Waals surface area contributed by atoms with E-state index in [1.807, 2.05) is 19.1 Å². The van der Waals surface area contributed by atoms with E-state index in [4.69, 9.17) is 14.2 Å². The maximum atomic E-state index is 11.4. The fourth-order valence-corrected chi connectivity index (χ4v) is 3.27. The number of anilines is 1. The Hall–Kier alpha value is -2.08. The fraction of sp³-hybridized carbons (Fsp3) is 0.529. The van der Waals surface area contributed by atoms with Gasteiger partial charge in [0.25, 0.3) is 0 Å². The third-order valence-electron chi connectivity index (χ3n) is 4.22. The minimum absolute atomic E-state index is 0.0617. The summed E-state index contributed by atoms with van der Waals surface area (Å²) in [4.78, 5) is 22.5. The number of fused-ring (bicyclic) bond motifs is 4. The number of ether oxygens (including phenoxy) is 3. The van der Waals surface area contributed by atoms with E-state index >= 15 is 0 Å². The second-order valence-electron chi connectivity index (χ2n) is 6.12. The summed E-state index contributed by atoms with van der Waals surface area (Å²) in [5, 5.41) is 3.43. The van der Waals surface area contributed by atoms with Gasteiger partial charge in [-0.05, 0) is 13.0 Å². The number of benzene rings is 1. The maximum Gasteiger partial charge on any atom is 0.303 e. The van der Waals surface area contributed by atoms with Crippen LogP contribution in [0.2, 0.25) is 0 Å². The molecule has 1 fully saturated rings. The first-order chi connectivity index (χ1) is 10.9. The van der Waals surface area contributed by atoms with Gasteiger partial charge in [-0.3, -0.25) is 9.59 Å². The number of hydrogen-bond donors (Lipinski definition) is 1. The van der Waals surface area contributed by atoms with Crippen LogP contribution in [-0.4, -0.2) is 36.8 Å². The van der Waals surface area contributed by atoms with Crippen molar-refractivity contribution in [3.05, 3.63) is 29.3 Å². The Bertz CT molecular complexity index is 629. The van der Waals surface area contributed by atoms with Crippen molar-refractivity contribution in [3.8, 4) is 0 Å². The number of esters is 2. The van der Waals surface area contributed by atoms with Crippen molar-refractivity contribution < 1.29 is 23.8 Å². The molecule has 6 heteroatoms. The van der Waals surface area contributed by atoms with Gasteiger partial charge in [-0.25, -0.2) is 0 Å². The minimum Gasteiger partial charge on any atom is -0.463 e. The Labute approximate surface area is 135 Å². The topological polar surface area (TPSA) is 73.9 Å². The van der Waals surface area contributed by atoms with Gasteiger partial charge in [-0.2, -0.15) is 0 Å². The van der Waals surface area contributed by atoms with E-state index in [2.05, 4.69) is 11.4 Å².